The summed E-state index contributed by atoms with van der Waals surface area (Å²) in [5, 5.41) is 14.0. The fourth-order valence-electron chi connectivity index (χ4n) is 4.65. The van der Waals surface area contributed by atoms with Gasteiger partial charge in [0, 0.05) is 32.8 Å². The normalized spacial score (nSPS) is 20.5. The van der Waals surface area contributed by atoms with Gasteiger partial charge >= 0.3 is 0 Å². The Hall–Kier alpha value is -1.81. The fraction of sp³-hybridized carbons (Fsp3) is 0.636. The van der Waals surface area contributed by atoms with Gasteiger partial charge in [-0.2, -0.15) is 0 Å². The number of aromatic nitrogens is 5. The van der Waals surface area contributed by atoms with E-state index in [0.717, 1.165) is 75.1 Å². The molecule has 2 aliphatic heterocycles. The predicted octanol–water partition coefficient (Wildman–Crippen LogP) is 3.94. The molecule has 2 atom stereocenters. The summed E-state index contributed by atoms with van der Waals surface area (Å²) >= 11 is 1.79. The van der Waals surface area contributed by atoms with Crippen LogP contribution in [0, 0.1) is 0 Å². The molecule has 3 aromatic rings. The molecule has 2 saturated heterocycles. The third-order valence-electron chi connectivity index (χ3n) is 6.40. The third kappa shape index (κ3) is 5.06. The molecule has 0 aliphatic carbocycles. The molecule has 0 N–H and O–H groups in total. The number of fused-ring (bicyclic) bond motifs is 1. The van der Waals surface area contributed by atoms with Crippen LogP contribution in [0.1, 0.15) is 50.9 Å². The number of ether oxygens (including phenoxy) is 1. The third-order valence-corrected chi connectivity index (χ3v) is 7.49. The molecule has 0 amide bonds. The summed E-state index contributed by atoms with van der Waals surface area (Å²) < 4.78 is 9.09. The predicted molar refractivity (Wildman–Crippen MR) is 130 cm³/mol. The zero-order valence-electron chi connectivity index (χ0n) is 18.6. The van der Waals surface area contributed by atoms with E-state index in [1.54, 1.807) is 11.3 Å². The first-order chi connectivity index (χ1) is 15.3. The molecule has 0 radical (unpaired) electrons. The van der Waals surface area contributed by atoms with Crippen LogP contribution in [0.3, 0.4) is 0 Å². The number of hydrogen-bond donors (Lipinski definition) is 0. The van der Waals surface area contributed by atoms with Gasteiger partial charge in [-0.05, 0) is 41.8 Å². The van der Waals surface area contributed by atoms with Gasteiger partial charge in [-0.15, -0.1) is 17.5 Å². The molecular formula is C22H32ClN7OS. The van der Waals surface area contributed by atoms with Gasteiger partial charge in [0.2, 0.25) is 0 Å². The summed E-state index contributed by atoms with van der Waals surface area (Å²) in [5.41, 5.74) is 1.10. The van der Waals surface area contributed by atoms with Crippen molar-refractivity contribution in [3.63, 3.8) is 0 Å². The second-order valence-corrected chi connectivity index (χ2v) is 9.51. The molecule has 2 aliphatic rings. The van der Waals surface area contributed by atoms with E-state index in [4.69, 9.17) is 9.72 Å². The van der Waals surface area contributed by atoms with Crippen molar-refractivity contribution in [2.24, 2.45) is 0 Å². The van der Waals surface area contributed by atoms with Crippen LogP contribution in [0.15, 0.2) is 24.3 Å². The van der Waals surface area contributed by atoms with Gasteiger partial charge in [-0.3, -0.25) is 4.90 Å². The number of halogens is 1. The van der Waals surface area contributed by atoms with Crippen LogP contribution in [-0.2, 0) is 11.3 Å². The number of tetrazole rings is 1. The van der Waals surface area contributed by atoms with Crippen molar-refractivity contribution in [2.45, 2.75) is 57.7 Å². The molecule has 5 rings (SSSR count). The number of nitrogens with zero attached hydrogens (tertiary/aromatic N) is 7. The SMILES string of the molecule is CCCCC(c1nnnn1CC1CCCO1)N1CCN(c2nc3ccccc3s2)CC1.Cl. The Labute approximate surface area is 199 Å². The second-order valence-electron chi connectivity index (χ2n) is 8.50. The van der Waals surface area contributed by atoms with Crippen molar-refractivity contribution in [1.29, 1.82) is 0 Å². The van der Waals surface area contributed by atoms with Crippen LogP contribution in [0.2, 0.25) is 0 Å². The summed E-state index contributed by atoms with van der Waals surface area (Å²) in [4.78, 5) is 9.84. The molecule has 2 aromatic heterocycles. The Morgan fingerprint density at radius 3 is 2.78 bits per heavy atom. The summed E-state index contributed by atoms with van der Waals surface area (Å²) in [6.45, 7) is 7.82. The van der Waals surface area contributed by atoms with Gasteiger partial charge in [-0.25, -0.2) is 9.67 Å². The highest BCUT2D eigenvalue weighted by molar-refractivity contribution is 7.22. The second kappa shape index (κ2) is 10.9. The molecule has 2 unspecified atom stereocenters. The number of anilines is 1. The highest BCUT2D eigenvalue weighted by Crippen LogP contribution is 2.31. The van der Waals surface area contributed by atoms with Gasteiger partial charge in [-0.1, -0.05) is 43.2 Å². The Morgan fingerprint density at radius 2 is 2.03 bits per heavy atom. The average Bonchev–Trinajstić information content (AvgIpc) is 3.56. The molecule has 0 spiro atoms. The Morgan fingerprint density at radius 1 is 1.19 bits per heavy atom. The lowest BCUT2D eigenvalue weighted by molar-refractivity contribution is 0.0890. The van der Waals surface area contributed by atoms with E-state index in [1.165, 1.54) is 17.5 Å². The lowest BCUT2D eigenvalue weighted by Gasteiger charge is -2.38. The van der Waals surface area contributed by atoms with Gasteiger partial charge in [0.25, 0.3) is 0 Å². The monoisotopic (exact) mass is 477 g/mol. The summed E-state index contributed by atoms with van der Waals surface area (Å²) in [6.07, 6.45) is 5.91. The number of benzene rings is 1. The van der Waals surface area contributed by atoms with E-state index in [2.05, 4.69) is 56.5 Å². The van der Waals surface area contributed by atoms with Gasteiger partial charge in [0.05, 0.1) is 28.9 Å². The summed E-state index contributed by atoms with van der Waals surface area (Å²) in [5.74, 6) is 0.998. The van der Waals surface area contributed by atoms with Crippen LogP contribution < -0.4 is 4.90 Å². The Balaban J connectivity index is 0.00000245. The summed E-state index contributed by atoms with van der Waals surface area (Å²) in [7, 11) is 0. The molecule has 32 heavy (non-hydrogen) atoms. The van der Waals surface area contributed by atoms with Crippen molar-refractivity contribution in [3.05, 3.63) is 30.1 Å². The van der Waals surface area contributed by atoms with E-state index < -0.39 is 0 Å². The highest BCUT2D eigenvalue weighted by atomic mass is 35.5. The fourth-order valence-corrected chi connectivity index (χ4v) is 5.67. The lowest BCUT2D eigenvalue weighted by Crippen LogP contribution is -2.48. The maximum atomic E-state index is 5.83. The molecule has 0 bridgehead atoms. The maximum Gasteiger partial charge on any atom is 0.186 e. The summed E-state index contributed by atoms with van der Waals surface area (Å²) in [6, 6.07) is 8.65. The Kier molecular flexibility index (Phi) is 7.93. The first kappa shape index (κ1) is 23.4. The van der Waals surface area contributed by atoms with E-state index in [-0.39, 0.29) is 24.6 Å². The molecule has 1 aromatic carbocycles. The quantitative estimate of drug-likeness (QED) is 0.486. The number of thiazole rings is 1. The molecule has 2 fully saturated rings. The number of piperazine rings is 1. The zero-order chi connectivity index (χ0) is 21.0. The number of para-hydroxylation sites is 1. The van der Waals surface area contributed by atoms with E-state index >= 15 is 0 Å². The molecule has 0 saturated carbocycles. The van der Waals surface area contributed by atoms with Crippen molar-refractivity contribution < 1.29 is 4.74 Å². The minimum Gasteiger partial charge on any atom is -0.376 e. The van der Waals surface area contributed by atoms with Crippen LogP contribution in [0.25, 0.3) is 10.2 Å². The van der Waals surface area contributed by atoms with Crippen LogP contribution in [-0.4, -0.2) is 69.0 Å². The highest BCUT2D eigenvalue weighted by Gasteiger charge is 2.30. The maximum absolute atomic E-state index is 5.83. The molecule has 8 nitrogen and oxygen atoms in total. The van der Waals surface area contributed by atoms with Crippen LogP contribution in [0.5, 0.6) is 0 Å². The first-order valence-corrected chi connectivity index (χ1v) is 12.4. The van der Waals surface area contributed by atoms with Crippen molar-refractivity contribution in [1.82, 2.24) is 30.1 Å². The van der Waals surface area contributed by atoms with E-state index in [0.29, 0.717) is 0 Å². The number of rotatable bonds is 8. The number of hydrogen-bond acceptors (Lipinski definition) is 8. The first-order valence-electron chi connectivity index (χ1n) is 11.5. The van der Waals surface area contributed by atoms with Crippen molar-refractivity contribution in [3.8, 4) is 0 Å². The topological polar surface area (TPSA) is 72.2 Å². The molecular weight excluding hydrogens is 446 g/mol. The average molecular weight is 478 g/mol. The molecule has 4 heterocycles. The van der Waals surface area contributed by atoms with Gasteiger partial charge in [0.1, 0.15) is 0 Å². The van der Waals surface area contributed by atoms with E-state index in [9.17, 15) is 0 Å². The van der Waals surface area contributed by atoms with Crippen molar-refractivity contribution >= 4 is 39.1 Å². The zero-order valence-corrected chi connectivity index (χ0v) is 20.2. The lowest BCUT2D eigenvalue weighted by atomic mass is 10.1. The van der Waals surface area contributed by atoms with Gasteiger partial charge in [0.15, 0.2) is 11.0 Å². The van der Waals surface area contributed by atoms with Gasteiger partial charge < -0.3 is 9.64 Å². The van der Waals surface area contributed by atoms with Crippen LogP contribution >= 0.6 is 23.7 Å². The van der Waals surface area contributed by atoms with Crippen LogP contribution in [0.4, 0.5) is 5.13 Å². The smallest absolute Gasteiger partial charge is 0.186 e. The molecule has 10 heteroatoms. The van der Waals surface area contributed by atoms with E-state index in [1.807, 2.05) is 4.68 Å². The minimum atomic E-state index is 0. The van der Waals surface area contributed by atoms with Crippen molar-refractivity contribution in [2.75, 3.05) is 37.7 Å². The largest absolute Gasteiger partial charge is 0.376 e. The Bertz CT molecular complexity index is 948. The standard InChI is InChI=1S/C22H31N7OS.ClH/c1-2-3-9-19(21-24-25-26-29(21)16-17-7-6-15-30-17)27-11-13-28(14-12-27)22-23-18-8-4-5-10-20(18)31-22;/h4-5,8,10,17,19H,2-3,6-7,9,11-16H2,1H3;1H. The number of unbranched alkanes of at least 4 members (excludes halogenated alkanes) is 1. The minimum absolute atomic E-state index is 0. The molecule has 174 valence electrons.